The second kappa shape index (κ2) is 8.03. The van der Waals surface area contributed by atoms with Crippen molar-refractivity contribution in [1.82, 2.24) is 4.98 Å². The van der Waals surface area contributed by atoms with Crippen LogP contribution in [0.25, 0.3) is 0 Å². The van der Waals surface area contributed by atoms with E-state index in [4.69, 9.17) is 0 Å². The van der Waals surface area contributed by atoms with Crippen LogP contribution in [0.2, 0.25) is 0 Å². The summed E-state index contributed by atoms with van der Waals surface area (Å²) >= 11 is 1.17. The topological polar surface area (TPSA) is 99.7 Å². The van der Waals surface area contributed by atoms with E-state index in [-0.39, 0.29) is 28.3 Å². The van der Waals surface area contributed by atoms with Gasteiger partial charge in [-0.25, -0.2) is 18.3 Å². The smallest absolute Gasteiger partial charge is 0.263 e. The molecule has 0 saturated carbocycles. The van der Waals surface area contributed by atoms with Crippen LogP contribution in [0.15, 0.2) is 65.0 Å². The first kappa shape index (κ1) is 20.7. The number of sulfonamides is 1. The highest BCUT2D eigenvalue weighted by atomic mass is 32.2. The molecule has 10 heteroatoms. The van der Waals surface area contributed by atoms with Gasteiger partial charge in [0.15, 0.2) is 5.13 Å². The molecule has 1 atom stereocenters. The molecule has 1 N–H and O–H groups in total. The summed E-state index contributed by atoms with van der Waals surface area (Å²) in [5.74, 6) is -0.581. The maximum absolute atomic E-state index is 13.2. The number of fused-ring (bicyclic) bond motifs is 1. The summed E-state index contributed by atoms with van der Waals surface area (Å²) in [5, 5.41) is 1.94. The predicted molar refractivity (Wildman–Crippen MR) is 122 cm³/mol. The van der Waals surface area contributed by atoms with E-state index in [9.17, 15) is 18.0 Å². The Hall–Kier alpha value is -3.24. The number of thiazole rings is 1. The van der Waals surface area contributed by atoms with Gasteiger partial charge in [-0.1, -0.05) is 18.2 Å². The standard InChI is InChI=1S/C22H20N4O4S2/c27-20-14-19(25-12-3-5-15-4-1-2-6-18(15)25)21(28)26(20)16-7-9-17(10-8-16)32(29,30)24-22-23-11-13-31-22/h1-2,4,6-11,13,19H,3,5,12,14H2,(H,23,24)/t19-/m1/s1. The number of anilines is 3. The van der Waals surface area contributed by atoms with E-state index in [1.807, 2.05) is 23.1 Å². The number of nitrogens with zero attached hydrogens (tertiary/aromatic N) is 3. The minimum absolute atomic E-state index is 0.0250. The number of aryl methyl sites for hydroxylation is 1. The third-order valence-corrected chi connectivity index (χ3v) is 7.88. The van der Waals surface area contributed by atoms with Crippen molar-refractivity contribution >= 4 is 49.7 Å². The normalized spacial score (nSPS) is 18.7. The molecule has 0 unspecified atom stereocenters. The molecule has 2 aliphatic rings. The Bertz CT molecular complexity index is 1270. The first-order valence-corrected chi connectivity index (χ1v) is 12.5. The van der Waals surface area contributed by atoms with Crippen LogP contribution >= 0.6 is 11.3 Å². The van der Waals surface area contributed by atoms with Gasteiger partial charge in [-0.15, -0.1) is 11.3 Å². The number of amides is 2. The molecule has 0 radical (unpaired) electrons. The molecule has 1 aromatic heterocycles. The summed E-state index contributed by atoms with van der Waals surface area (Å²) in [6.07, 6.45) is 3.48. The maximum atomic E-state index is 13.2. The number of rotatable bonds is 5. The molecule has 5 rings (SSSR count). The van der Waals surface area contributed by atoms with Gasteiger partial charge in [0.2, 0.25) is 5.91 Å². The SMILES string of the molecule is O=C1C[C@@H](N2CCCc3ccccc32)C(=O)N1c1ccc(S(=O)(=O)Nc2nccs2)cc1. The van der Waals surface area contributed by atoms with E-state index in [1.54, 1.807) is 5.38 Å². The lowest BCUT2D eigenvalue weighted by atomic mass is 9.99. The van der Waals surface area contributed by atoms with Crippen LogP contribution < -0.4 is 14.5 Å². The Labute approximate surface area is 189 Å². The largest absolute Gasteiger partial charge is 0.359 e. The molecule has 32 heavy (non-hydrogen) atoms. The van der Waals surface area contributed by atoms with E-state index in [2.05, 4.69) is 15.8 Å². The second-order valence-corrected chi connectivity index (χ2v) is 10.2. The lowest BCUT2D eigenvalue weighted by Crippen LogP contribution is -2.44. The lowest BCUT2D eigenvalue weighted by molar-refractivity contribution is -0.121. The van der Waals surface area contributed by atoms with Crippen LogP contribution in [0.5, 0.6) is 0 Å². The summed E-state index contributed by atoms with van der Waals surface area (Å²) in [5.41, 5.74) is 2.54. The average Bonchev–Trinajstić information content (AvgIpc) is 3.40. The molecular weight excluding hydrogens is 448 g/mol. The number of benzene rings is 2. The summed E-state index contributed by atoms with van der Waals surface area (Å²) in [4.78, 5) is 33.2. The van der Waals surface area contributed by atoms with Crippen LogP contribution in [0.3, 0.4) is 0 Å². The molecule has 3 heterocycles. The van der Waals surface area contributed by atoms with Crippen LogP contribution in [0, 0.1) is 0 Å². The highest BCUT2D eigenvalue weighted by molar-refractivity contribution is 7.93. The number of hydrogen-bond donors (Lipinski definition) is 1. The van der Waals surface area contributed by atoms with Crippen LogP contribution in [0.4, 0.5) is 16.5 Å². The van der Waals surface area contributed by atoms with Crippen LogP contribution in [-0.2, 0) is 26.0 Å². The molecule has 0 spiro atoms. The Morgan fingerprint density at radius 3 is 2.59 bits per heavy atom. The van der Waals surface area contributed by atoms with E-state index in [0.29, 0.717) is 12.2 Å². The molecule has 3 aromatic rings. The van der Waals surface area contributed by atoms with E-state index >= 15 is 0 Å². The van der Waals surface area contributed by atoms with E-state index in [1.165, 1.54) is 47.4 Å². The predicted octanol–water partition coefficient (Wildman–Crippen LogP) is 3.03. The van der Waals surface area contributed by atoms with Crippen molar-refractivity contribution in [3.8, 4) is 0 Å². The Morgan fingerprint density at radius 1 is 1.06 bits per heavy atom. The fourth-order valence-electron chi connectivity index (χ4n) is 4.24. The number of nitrogens with one attached hydrogen (secondary N) is 1. The zero-order valence-electron chi connectivity index (χ0n) is 17.0. The van der Waals surface area contributed by atoms with Gasteiger partial charge in [-0.2, -0.15) is 0 Å². The van der Waals surface area contributed by atoms with Crippen molar-refractivity contribution in [2.24, 2.45) is 0 Å². The van der Waals surface area contributed by atoms with Gasteiger partial charge >= 0.3 is 0 Å². The van der Waals surface area contributed by atoms with Crippen molar-refractivity contribution < 1.29 is 18.0 Å². The zero-order chi connectivity index (χ0) is 22.3. The summed E-state index contributed by atoms with van der Waals surface area (Å²) in [7, 11) is -3.81. The summed E-state index contributed by atoms with van der Waals surface area (Å²) in [6.45, 7) is 0.716. The third kappa shape index (κ3) is 3.65. The first-order chi connectivity index (χ1) is 15.4. The van der Waals surface area contributed by atoms with Gasteiger partial charge in [0.1, 0.15) is 6.04 Å². The Morgan fingerprint density at radius 2 is 1.84 bits per heavy atom. The van der Waals surface area contributed by atoms with Crippen molar-refractivity contribution in [3.63, 3.8) is 0 Å². The third-order valence-electron chi connectivity index (χ3n) is 5.70. The van der Waals surface area contributed by atoms with E-state index < -0.39 is 16.1 Å². The molecule has 2 aliphatic heterocycles. The highest BCUT2D eigenvalue weighted by Gasteiger charge is 2.43. The fourth-order valence-corrected chi connectivity index (χ4v) is 6.03. The number of carbonyl (C=O) groups is 2. The molecule has 1 saturated heterocycles. The van der Waals surface area contributed by atoms with Gasteiger partial charge in [-0.05, 0) is 48.7 Å². The molecule has 0 aliphatic carbocycles. The van der Waals surface area contributed by atoms with Crippen molar-refractivity contribution in [1.29, 1.82) is 0 Å². The molecule has 164 valence electrons. The van der Waals surface area contributed by atoms with Gasteiger partial charge in [0, 0.05) is 23.8 Å². The lowest BCUT2D eigenvalue weighted by Gasteiger charge is -2.34. The summed E-state index contributed by atoms with van der Waals surface area (Å²) in [6, 6.07) is 13.1. The fraction of sp³-hybridized carbons (Fsp3) is 0.227. The van der Waals surface area contributed by atoms with Gasteiger partial charge in [0.05, 0.1) is 17.0 Å². The highest BCUT2D eigenvalue weighted by Crippen LogP contribution is 2.34. The quantitative estimate of drug-likeness (QED) is 0.578. The Kier molecular flexibility index (Phi) is 5.18. The molecule has 8 nitrogen and oxygen atoms in total. The monoisotopic (exact) mass is 468 g/mol. The number of carbonyl (C=O) groups excluding carboxylic acids is 2. The molecule has 2 aromatic carbocycles. The Balaban J connectivity index is 1.38. The molecule has 1 fully saturated rings. The van der Waals surface area contributed by atoms with Crippen LogP contribution in [0.1, 0.15) is 18.4 Å². The average molecular weight is 469 g/mol. The zero-order valence-corrected chi connectivity index (χ0v) is 18.6. The number of para-hydroxylation sites is 1. The molecule has 2 amide bonds. The van der Waals surface area contributed by atoms with Crippen molar-refractivity contribution in [2.75, 3.05) is 21.1 Å². The number of aromatic nitrogens is 1. The van der Waals surface area contributed by atoms with Crippen molar-refractivity contribution in [2.45, 2.75) is 30.2 Å². The van der Waals surface area contributed by atoms with Crippen molar-refractivity contribution in [3.05, 3.63) is 65.7 Å². The second-order valence-electron chi connectivity index (χ2n) is 7.65. The van der Waals surface area contributed by atoms with Crippen LogP contribution in [-0.4, -0.2) is 37.8 Å². The molecule has 0 bridgehead atoms. The first-order valence-electron chi connectivity index (χ1n) is 10.2. The number of imide groups is 1. The van der Waals surface area contributed by atoms with Gasteiger partial charge in [-0.3, -0.25) is 14.3 Å². The minimum atomic E-state index is -3.81. The summed E-state index contributed by atoms with van der Waals surface area (Å²) < 4.78 is 27.5. The van der Waals surface area contributed by atoms with Gasteiger partial charge < -0.3 is 4.90 Å². The molecular formula is C22H20N4O4S2. The van der Waals surface area contributed by atoms with Gasteiger partial charge in [0.25, 0.3) is 15.9 Å². The minimum Gasteiger partial charge on any atom is -0.359 e. The van der Waals surface area contributed by atoms with E-state index in [0.717, 1.165) is 23.4 Å². The number of hydrogen-bond acceptors (Lipinski definition) is 7. The maximum Gasteiger partial charge on any atom is 0.263 e.